The van der Waals surface area contributed by atoms with Gasteiger partial charge in [0.15, 0.2) is 0 Å². The summed E-state index contributed by atoms with van der Waals surface area (Å²) in [5, 5.41) is -0.183. The van der Waals surface area contributed by atoms with Gasteiger partial charge in [-0.25, -0.2) is 8.78 Å². The van der Waals surface area contributed by atoms with Gasteiger partial charge in [0.05, 0.1) is 11.6 Å². The van der Waals surface area contributed by atoms with Crippen molar-refractivity contribution >= 4 is 24.0 Å². The van der Waals surface area contributed by atoms with Crippen LogP contribution >= 0.6 is 24.0 Å². The summed E-state index contributed by atoms with van der Waals surface area (Å²) in [6, 6.07) is 0.559. The molecule has 1 aromatic carbocycles. The lowest BCUT2D eigenvalue weighted by molar-refractivity contribution is -0.138. The van der Waals surface area contributed by atoms with Crippen molar-refractivity contribution in [2.75, 3.05) is 0 Å². The number of hydrogen-bond donors (Lipinski definition) is 1. The number of benzene rings is 1. The van der Waals surface area contributed by atoms with Crippen LogP contribution in [0.2, 0.25) is 5.02 Å². The van der Waals surface area contributed by atoms with E-state index in [1.807, 2.05) is 0 Å². The molecule has 8 heteroatoms. The predicted molar refractivity (Wildman–Crippen MR) is 56.6 cm³/mol. The highest BCUT2D eigenvalue weighted by molar-refractivity contribution is 6.30. The van der Waals surface area contributed by atoms with Crippen LogP contribution in [0.3, 0.4) is 0 Å². The SMILES string of the molecule is Cl.N[C@H](c1ccc(Cl)cc1C(F)(F)F)C(F)F. The average molecular weight is 296 g/mol. The molecule has 0 aliphatic rings. The van der Waals surface area contributed by atoms with Crippen LogP contribution in [0.1, 0.15) is 17.2 Å². The van der Waals surface area contributed by atoms with Gasteiger partial charge < -0.3 is 5.73 Å². The van der Waals surface area contributed by atoms with Gasteiger partial charge in [0, 0.05) is 5.02 Å². The number of hydrogen-bond acceptors (Lipinski definition) is 1. The van der Waals surface area contributed by atoms with E-state index in [4.69, 9.17) is 17.3 Å². The molecule has 0 unspecified atom stereocenters. The maximum atomic E-state index is 12.5. The zero-order chi connectivity index (χ0) is 12.5. The van der Waals surface area contributed by atoms with E-state index in [1.54, 1.807) is 0 Å². The highest BCUT2D eigenvalue weighted by Gasteiger charge is 2.36. The molecule has 1 nitrogen and oxygen atoms in total. The first-order chi connectivity index (χ1) is 7.23. The molecule has 0 aliphatic carbocycles. The van der Waals surface area contributed by atoms with E-state index >= 15 is 0 Å². The van der Waals surface area contributed by atoms with Gasteiger partial charge in [-0.05, 0) is 17.7 Å². The van der Waals surface area contributed by atoms with Crippen LogP contribution in [0.25, 0.3) is 0 Å². The van der Waals surface area contributed by atoms with Crippen LogP contribution in [0.5, 0.6) is 0 Å². The molecule has 0 amide bonds. The van der Waals surface area contributed by atoms with Crippen molar-refractivity contribution in [2.45, 2.75) is 18.6 Å². The fraction of sp³-hybridized carbons (Fsp3) is 0.333. The van der Waals surface area contributed by atoms with Crippen molar-refractivity contribution in [3.8, 4) is 0 Å². The van der Waals surface area contributed by atoms with Crippen molar-refractivity contribution < 1.29 is 22.0 Å². The van der Waals surface area contributed by atoms with Crippen molar-refractivity contribution in [2.24, 2.45) is 5.73 Å². The van der Waals surface area contributed by atoms with E-state index in [1.165, 1.54) is 0 Å². The van der Waals surface area contributed by atoms with Crippen LogP contribution < -0.4 is 5.73 Å². The third kappa shape index (κ3) is 3.97. The number of rotatable bonds is 2. The molecular formula is C9H8Cl2F5N. The lowest BCUT2D eigenvalue weighted by atomic mass is 10.0. The van der Waals surface area contributed by atoms with Crippen molar-refractivity contribution in [1.29, 1.82) is 0 Å². The number of alkyl halides is 5. The largest absolute Gasteiger partial charge is 0.416 e. The maximum absolute atomic E-state index is 12.5. The van der Waals surface area contributed by atoms with E-state index in [0.29, 0.717) is 6.07 Å². The minimum Gasteiger partial charge on any atom is -0.319 e. The summed E-state index contributed by atoms with van der Waals surface area (Å²) in [6.07, 6.45) is -7.82. The van der Waals surface area contributed by atoms with Gasteiger partial charge in [-0.15, -0.1) is 12.4 Å². The molecule has 0 bridgehead atoms. The lowest BCUT2D eigenvalue weighted by Gasteiger charge is -2.17. The molecular weight excluding hydrogens is 288 g/mol. The van der Waals surface area contributed by atoms with Crippen molar-refractivity contribution in [3.05, 3.63) is 34.3 Å². The van der Waals surface area contributed by atoms with E-state index in [2.05, 4.69) is 0 Å². The Kier molecular flexibility index (Phi) is 5.64. The second-order valence-corrected chi connectivity index (χ2v) is 3.53. The molecule has 17 heavy (non-hydrogen) atoms. The summed E-state index contributed by atoms with van der Waals surface area (Å²) in [4.78, 5) is 0. The third-order valence-corrected chi connectivity index (χ3v) is 2.19. The van der Waals surface area contributed by atoms with E-state index in [9.17, 15) is 22.0 Å². The number of nitrogens with two attached hydrogens (primary N) is 1. The van der Waals surface area contributed by atoms with Gasteiger partial charge in [-0.1, -0.05) is 17.7 Å². The minimum atomic E-state index is -4.76. The predicted octanol–water partition coefficient (Wildman–Crippen LogP) is 4.05. The Bertz CT molecular complexity index is 380. The maximum Gasteiger partial charge on any atom is 0.416 e. The second kappa shape index (κ2) is 5.84. The van der Waals surface area contributed by atoms with Gasteiger partial charge in [-0.2, -0.15) is 13.2 Å². The number of halogens is 7. The molecule has 0 spiro atoms. The Hall–Kier alpha value is -0.590. The molecule has 0 fully saturated rings. The molecule has 0 aromatic heterocycles. The molecule has 0 heterocycles. The fourth-order valence-corrected chi connectivity index (χ4v) is 1.37. The van der Waals surface area contributed by atoms with E-state index in [-0.39, 0.29) is 17.4 Å². The zero-order valence-electron chi connectivity index (χ0n) is 8.14. The molecule has 98 valence electrons. The van der Waals surface area contributed by atoms with Gasteiger partial charge in [0.2, 0.25) is 0 Å². The molecule has 0 saturated heterocycles. The Morgan fingerprint density at radius 1 is 1.18 bits per heavy atom. The molecule has 1 rings (SSSR count). The Labute approximate surface area is 105 Å². The highest BCUT2D eigenvalue weighted by atomic mass is 35.5. The molecule has 1 atom stereocenters. The average Bonchev–Trinajstić information content (AvgIpc) is 2.15. The van der Waals surface area contributed by atoms with Crippen molar-refractivity contribution in [1.82, 2.24) is 0 Å². The Balaban J connectivity index is 0.00000256. The van der Waals surface area contributed by atoms with Gasteiger partial charge in [0.1, 0.15) is 0 Å². The summed E-state index contributed by atoms with van der Waals surface area (Å²) in [6.45, 7) is 0. The molecule has 0 saturated carbocycles. The van der Waals surface area contributed by atoms with Gasteiger partial charge in [0.25, 0.3) is 6.43 Å². The molecule has 1 aromatic rings. The van der Waals surface area contributed by atoms with E-state index in [0.717, 1.165) is 12.1 Å². The normalized spacial score (nSPS) is 13.4. The molecule has 0 aliphatic heterocycles. The first-order valence-electron chi connectivity index (χ1n) is 4.14. The van der Waals surface area contributed by atoms with Crippen LogP contribution in [0.15, 0.2) is 18.2 Å². The standard InChI is InChI=1S/C9H7ClF5N.ClH/c10-4-1-2-5(7(16)8(11)12)6(3-4)9(13,14)15;/h1-3,7-8H,16H2;1H/t7-;/m1./s1. The Morgan fingerprint density at radius 2 is 1.71 bits per heavy atom. The summed E-state index contributed by atoms with van der Waals surface area (Å²) in [5.74, 6) is 0. The topological polar surface area (TPSA) is 26.0 Å². The van der Waals surface area contributed by atoms with Crippen LogP contribution in [-0.2, 0) is 6.18 Å². The summed E-state index contributed by atoms with van der Waals surface area (Å²) in [5.41, 5.74) is 3.10. The monoisotopic (exact) mass is 295 g/mol. The van der Waals surface area contributed by atoms with Gasteiger partial charge >= 0.3 is 6.18 Å². The molecule has 2 N–H and O–H groups in total. The van der Waals surface area contributed by atoms with Crippen LogP contribution in [0.4, 0.5) is 22.0 Å². The summed E-state index contributed by atoms with van der Waals surface area (Å²) < 4.78 is 62.0. The smallest absolute Gasteiger partial charge is 0.319 e. The van der Waals surface area contributed by atoms with Crippen molar-refractivity contribution in [3.63, 3.8) is 0 Å². The first-order valence-corrected chi connectivity index (χ1v) is 4.51. The second-order valence-electron chi connectivity index (χ2n) is 3.09. The minimum absolute atomic E-state index is 0. The fourth-order valence-electron chi connectivity index (χ4n) is 1.20. The first kappa shape index (κ1) is 16.4. The van der Waals surface area contributed by atoms with Crippen LogP contribution in [-0.4, -0.2) is 6.43 Å². The summed E-state index contributed by atoms with van der Waals surface area (Å²) >= 11 is 5.38. The zero-order valence-corrected chi connectivity index (χ0v) is 9.71. The highest BCUT2D eigenvalue weighted by Crippen LogP contribution is 2.36. The summed E-state index contributed by atoms with van der Waals surface area (Å²) in [7, 11) is 0. The van der Waals surface area contributed by atoms with Crippen LogP contribution in [0, 0.1) is 0 Å². The lowest BCUT2D eigenvalue weighted by Crippen LogP contribution is -2.23. The van der Waals surface area contributed by atoms with Gasteiger partial charge in [-0.3, -0.25) is 0 Å². The third-order valence-electron chi connectivity index (χ3n) is 1.95. The quantitative estimate of drug-likeness (QED) is 0.819. The molecule has 0 radical (unpaired) electrons. The Morgan fingerprint density at radius 3 is 2.12 bits per heavy atom. The van der Waals surface area contributed by atoms with E-state index < -0.39 is 29.8 Å².